The van der Waals surface area contributed by atoms with Crippen LogP contribution in [0.5, 0.6) is 0 Å². The van der Waals surface area contributed by atoms with Crippen molar-refractivity contribution in [2.24, 2.45) is 0 Å². The first kappa shape index (κ1) is 17.5. The Labute approximate surface area is 140 Å². The van der Waals surface area contributed by atoms with E-state index in [1.807, 2.05) is 13.0 Å². The number of rotatable bonds is 7. The molecule has 7 heteroatoms. The lowest BCUT2D eigenvalue weighted by molar-refractivity contribution is 0.241. The quantitative estimate of drug-likeness (QED) is 0.804. The van der Waals surface area contributed by atoms with E-state index in [1.54, 1.807) is 41.8 Å². The fraction of sp³-hybridized carbons (Fsp3) is 0.312. The second-order valence-electron chi connectivity index (χ2n) is 5.01. The predicted molar refractivity (Wildman–Crippen MR) is 92.4 cm³/mol. The molecule has 2 amide bonds. The smallest absolute Gasteiger partial charge is 0.314 e. The summed E-state index contributed by atoms with van der Waals surface area (Å²) in [7, 11) is -3.55. The van der Waals surface area contributed by atoms with E-state index in [0.29, 0.717) is 16.3 Å². The maximum atomic E-state index is 12.9. The van der Waals surface area contributed by atoms with E-state index >= 15 is 0 Å². The van der Waals surface area contributed by atoms with Crippen LogP contribution in [0.4, 0.5) is 4.79 Å². The monoisotopic (exact) mass is 352 g/mol. The SMILES string of the molecule is CCCNC(=O)NC[C@H](c1ccccc1)S(=O)(=O)c1cccs1. The van der Waals surface area contributed by atoms with Crippen LogP contribution in [-0.2, 0) is 9.84 Å². The third-order valence-electron chi connectivity index (χ3n) is 3.30. The molecule has 0 aliphatic heterocycles. The van der Waals surface area contributed by atoms with Gasteiger partial charge in [-0.05, 0) is 23.4 Å². The first-order valence-electron chi connectivity index (χ1n) is 7.39. The average Bonchev–Trinajstić information content (AvgIpc) is 3.09. The molecule has 0 radical (unpaired) electrons. The molecule has 0 saturated carbocycles. The van der Waals surface area contributed by atoms with Crippen LogP contribution in [0.3, 0.4) is 0 Å². The van der Waals surface area contributed by atoms with Crippen molar-refractivity contribution < 1.29 is 13.2 Å². The van der Waals surface area contributed by atoms with Gasteiger partial charge in [0.25, 0.3) is 0 Å². The second-order valence-corrected chi connectivity index (χ2v) is 8.32. The van der Waals surface area contributed by atoms with E-state index in [4.69, 9.17) is 0 Å². The van der Waals surface area contributed by atoms with Crippen molar-refractivity contribution in [2.75, 3.05) is 13.1 Å². The second kappa shape index (κ2) is 8.12. The standard InChI is InChI=1S/C16H20N2O3S2/c1-2-10-17-16(19)18-12-14(13-7-4-3-5-8-13)23(20,21)15-9-6-11-22-15/h3-9,11,14H,2,10,12H2,1H3,(H2,17,18,19)/t14-/m1/s1. The predicted octanol–water partition coefficient (Wildman–Crippen LogP) is 2.97. The van der Waals surface area contributed by atoms with Crippen LogP contribution < -0.4 is 10.6 Å². The number of thiophene rings is 1. The molecule has 0 aliphatic carbocycles. The minimum Gasteiger partial charge on any atom is -0.338 e. The summed E-state index contributed by atoms with van der Waals surface area (Å²) in [5.74, 6) is 0. The van der Waals surface area contributed by atoms with Crippen molar-refractivity contribution in [3.8, 4) is 0 Å². The third kappa shape index (κ3) is 4.56. The van der Waals surface area contributed by atoms with Gasteiger partial charge in [-0.2, -0.15) is 0 Å². The number of carbonyl (C=O) groups excluding carboxylic acids is 1. The number of amides is 2. The molecule has 1 heterocycles. The number of sulfone groups is 1. The molecule has 1 aromatic carbocycles. The first-order chi connectivity index (χ1) is 11.1. The molecule has 124 valence electrons. The van der Waals surface area contributed by atoms with Gasteiger partial charge in [0.1, 0.15) is 9.46 Å². The third-order valence-corrected chi connectivity index (χ3v) is 6.84. The minimum absolute atomic E-state index is 0.0276. The highest BCUT2D eigenvalue weighted by molar-refractivity contribution is 7.93. The van der Waals surface area contributed by atoms with Crippen molar-refractivity contribution >= 4 is 27.2 Å². The number of urea groups is 1. The zero-order valence-electron chi connectivity index (χ0n) is 12.9. The van der Waals surface area contributed by atoms with Gasteiger partial charge in [-0.15, -0.1) is 11.3 Å². The lowest BCUT2D eigenvalue weighted by Crippen LogP contribution is -2.39. The molecule has 0 spiro atoms. The van der Waals surface area contributed by atoms with E-state index in [9.17, 15) is 13.2 Å². The minimum atomic E-state index is -3.55. The van der Waals surface area contributed by atoms with E-state index in [-0.39, 0.29) is 12.6 Å². The van der Waals surface area contributed by atoms with Crippen LogP contribution in [0.2, 0.25) is 0 Å². The Kier molecular flexibility index (Phi) is 6.18. The molecule has 2 N–H and O–H groups in total. The van der Waals surface area contributed by atoms with E-state index in [1.165, 1.54) is 11.3 Å². The Bertz CT molecular complexity index is 713. The van der Waals surface area contributed by atoms with Crippen LogP contribution in [0, 0.1) is 0 Å². The first-order valence-corrected chi connectivity index (χ1v) is 9.82. The topological polar surface area (TPSA) is 75.3 Å². The Balaban J connectivity index is 2.22. The van der Waals surface area contributed by atoms with E-state index in [0.717, 1.165) is 6.42 Å². The van der Waals surface area contributed by atoms with Gasteiger partial charge in [-0.3, -0.25) is 0 Å². The van der Waals surface area contributed by atoms with Gasteiger partial charge in [0, 0.05) is 13.1 Å². The summed E-state index contributed by atoms with van der Waals surface area (Å²) in [4.78, 5) is 11.7. The Morgan fingerprint density at radius 2 is 1.87 bits per heavy atom. The van der Waals surface area contributed by atoms with Crippen LogP contribution in [0.25, 0.3) is 0 Å². The number of carbonyl (C=O) groups is 1. The Morgan fingerprint density at radius 3 is 2.48 bits per heavy atom. The molecule has 1 aromatic heterocycles. The van der Waals surface area contributed by atoms with Gasteiger partial charge in [0.2, 0.25) is 0 Å². The molecule has 5 nitrogen and oxygen atoms in total. The largest absolute Gasteiger partial charge is 0.338 e. The molecule has 1 atom stereocenters. The lowest BCUT2D eigenvalue weighted by Gasteiger charge is -2.18. The van der Waals surface area contributed by atoms with Gasteiger partial charge < -0.3 is 10.6 Å². The summed E-state index contributed by atoms with van der Waals surface area (Å²) < 4.78 is 26.0. The molecule has 23 heavy (non-hydrogen) atoms. The zero-order valence-corrected chi connectivity index (χ0v) is 14.5. The van der Waals surface area contributed by atoms with Crippen LogP contribution in [-0.4, -0.2) is 27.5 Å². The molecule has 0 aliphatic rings. The van der Waals surface area contributed by atoms with Crippen molar-refractivity contribution in [2.45, 2.75) is 22.8 Å². The number of benzene rings is 1. The molecule has 2 rings (SSSR count). The molecular formula is C16H20N2O3S2. The molecule has 0 fully saturated rings. The molecule has 2 aromatic rings. The van der Waals surface area contributed by atoms with Gasteiger partial charge in [-0.1, -0.05) is 43.3 Å². The van der Waals surface area contributed by atoms with E-state index in [2.05, 4.69) is 10.6 Å². The average molecular weight is 352 g/mol. The number of hydrogen-bond acceptors (Lipinski definition) is 4. The summed E-state index contributed by atoms with van der Waals surface area (Å²) in [6.45, 7) is 2.54. The maximum absolute atomic E-state index is 12.9. The summed E-state index contributed by atoms with van der Waals surface area (Å²) >= 11 is 1.18. The number of hydrogen-bond donors (Lipinski definition) is 2. The molecule has 0 bridgehead atoms. The van der Waals surface area contributed by atoms with Crippen molar-refractivity contribution in [1.29, 1.82) is 0 Å². The van der Waals surface area contributed by atoms with Crippen LogP contribution >= 0.6 is 11.3 Å². The van der Waals surface area contributed by atoms with Gasteiger partial charge in [-0.25, -0.2) is 13.2 Å². The van der Waals surface area contributed by atoms with Crippen molar-refractivity contribution in [3.05, 3.63) is 53.4 Å². The van der Waals surface area contributed by atoms with Crippen LogP contribution in [0.15, 0.2) is 52.1 Å². The van der Waals surface area contributed by atoms with Crippen molar-refractivity contribution in [3.63, 3.8) is 0 Å². The normalized spacial score (nSPS) is 12.6. The van der Waals surface area contributed by atoms with Gasteiger partial charge in [0.05, 0.1) is 0 Å². The number of nitrogens with one attached hydrogen (secondary N) is 2. The highest BCUT2D eigenvalue weighted by atomic mass is 32.2. The molecular weight excluding hydrogens is 332 g/mol. The summed E-state index contributed by atoms with van der Waals surface area (Å²) in [6.07, 6.45) is 0.822. The van der Waals surface area contributed by atoms with Gasteiger partial charge in [0.15, 0.2) is 9.84 Å². The highest BCUT2D eigenvalue weighted by Crippen LogP contribution is 2.30. The fourth-order valence-electron chi connectivity index (χ4n) is 2.13. The maximum Gasteiger partial charge on any atom is 0.314 e. The van der Waals surface area contributed by atoms with Gasteiger partial charge >= 0.3 is 6.03 Å². The highest BCUT2D eigenvalue weighted by Gasteiger charge is 2.30. The molecule has 0 unspecified atom stereocenters. The van der Waals surface area contributed by atoms with Crippen LogP contribution in [0.1, 0.15) is 24.2 Å². The summed E-state index contributed by atoms with van der Waals surface area (Å²) in [5.41, 5.74) is 0.664. The fourth-order valence-corrected chi connectivity index (χ4v) is 4.99. The van der Waals surface area contributed by atoms with Crippen molar-refractivity contribution in [1.82, 2.24) is 10.6 Å². The van der Waals surface area contributed by atoms with E-state index < -0.39 is 15.1 Å². The molecule has 0 saturated heterocycles. The summed E-state index contributed by atoms with van der Waals surface area (Å²) in [6, 6.07) is 11.9. The lowest BCUT2D eigenvalue weighted by atomic mass is 10.1. The zero-order chi connectivity index (χ0) is 16.7. The Hall–Kier alpha value is -1.86. The summed E-state index contributed by atoms with van der Waals surface area (Å²) in [5, 5.41) is 6.26. The Morgan fingerprint density at radius 1 is 1.13 bits per heavy atom.